The number of halogens is 3. The zero-order valence-corrected chi connectivity index (χ0v) is 15.2. The van der Waals surface area contributed by atoms with E-state index in [0.29, 0.717) is 12.0 Å². The first kappa shape index (κ1) is 17.7. The molecule has 4 rings (SSSR count). The summed E-state index contributed by atoms with van der Waals surface area (Å²) in [6, 6.07) is 4.56. The summed E-state index contributed by atoms with van der Waals surface area (Å²) >= 11 is 1.55. The molecule has 0 saturated heterocycles. The minimum Gasteiger partial charge on any atom is -0.346 e. The summed E-state index contributed by atoms with van der Waals surface area (Å²) in [4.78, 5) is 16.5. The minimum absolute atomic E-state index is 0.463. The molecule has 0 fully saturated rings. The highest BCUT2D eigenvalue weighted by molar-refractivity contribution is 7.11. The molecule has 0 radical (unpaired) electrons. The summed E-state index contributed by atoms with van der Waals surface area (Å²) < 4.78 is 37.8. The Hall–Kier alpha value is -2.74. The lowest BCUT2D eigenvalue weighted by Crippen LogP contribution is -2.07. The highest BCUT2D eigenvalue weighted by Crippen LogP contribution is 2.28. The van der Waals surface area contributed by atoms with Crippen LogP contribution in [0.5, 0.6) is 0 Å². The van der Waals surface area contributed by atoms with E-state index in [0.717, 1.165) is 44.5 Å². The lowest BCUT2D eigenvalue weighted by Gasteiger charge is -2.05. The molecule has 0 aliphatic carbocycles. The minimum atomic E-state index is -4.42. The number of aromatic amines is 1. The summed E-state index contributed by atoms with van der Waals surface area (Å²) in [6.45, 7) is 2.01. The first-order chi connectivity index (χ1) is 12.9. The Kier molecular flexibility index (Phi) is 4.43. The maximum Gasteiger partial charge on any atom is 0.433 e. The van der Waals surface area contributed by atoms with Gasteiger partial charge in [0, 0.05) is 47.9 Å². The molecule has 4 aromatic heterocycles. The monoisotopic (exact) mass is 388 g/mol. The fourth-order valence-corrected chi connectivity index (χ4v) is 3.86. The number of rotatable bonds is 4. The quantitative estimate of drug-likeness (QED) is 0.540. The van der Waals surface area contributed by atoms with E-state index < -0.39 is 11.9 Å². The third-order valence-corrected chi connectivity index (χ3v) is 5.19. The molecule has 0 spiro atoms. The Morgan fingerprint density at radius 1 is 1.04 bits per heavy atom. The summed E-state index contributed by atoms with van der Waals surface area (Å²) in [5, 5.41) is 1.94. The van der Waals surface area contributed by atoms with Crippen LogP contribution in [0.1, 0.15) is 32.3 Å². The molecule has 0 atom stereocenters. The van der Waals surface area contributed by atoms with Gasteiger partial charge in [0.15, 0.2) is 0 Å². The van der Waals surface area contributed by atoms with E-state index in [2.05, 4.69) is 26.0 Å². The van der Waals surface area contributed by atoms with Gasteiger partial charge in [0.05, 0.1) is 5.01 Å². The van der Waals surface area contributed by atoms with Gasteiger partial charge in [-0.05, 0) is 35.7 Å². The third kappa shape index (κ3) is 3.85. The first-order valence-electron chi connectivity index (χ1n) is 8.27. The van der Waals surface area contributed by atoms with Crippen molar-refractivity contribution in [3.8, 4) is 0 Å². The molecule has 27 heavy (non-hydrogen) atoms. The third-order valence-electron chi connectivity index (χ3n) is 4.19. The van der Waals surface area contributed by atoms with Crippen LogP contribution < -0.4 is 0 Å². The van der Waals surface area contributed by atoms with Gasteiger partial charge in [0.1, 0.15) is 11.3 Å². The number of H-pyrrole nitrogens is 1. The van der Waals surface area contributed by atoms with Gasteiger partial charge >= 0.3 is 6.18 Å². The maximum atomic E-state index is 12.6. The van der Waals surface area contributed by atoms with Crippen molar-refractivity contribution in [3.63, 3.8) is 0 Å². The number of thiazole rings is 1. The van der Waals surface area contributed by atoms with Crippen molar-refractivity contribution in [2.75, 3.05) is 0 Å². The number of aromatic nitrogens is 4. The lowest BCUT2D eigenvalue weighted by molar-refractivity contribution is -0.141. The number of alkyl halides is 3. The number of hydrogen-bond donors (Lipinski definition) is 1. The lowest BCUT2D eigenvalue weighted by atomic mass is 10.1. The molecule has 8 heteroatoms. The van der Waals surface area contributed by atoms with Crippen LogP contribution in [0.15, 0.2) is 43.0 Å². The van der Waals surface area contributed by atoms with Gasteiger partial charge < -0.3 is 4.98 Å². The molecule has 0 aliphatic heterocycles. The molecule has 4 aromatic rings. The highest BCUT2D eigenvalue weighted by atomic mass is 32.1. The first-order valence-corrected chi connectivity index (χ1v) is 9.08. The molecule has 1 N–H and O–H groups in total. The smallest absolute Gasteiger partial charge is 0.346 e. The summed E-state index contributed by atoms with van der Waals surface area (Å²) in [7, 11) is 0. The number of nitrogens with one attached hydrogen (secondary N) is 1. The van der Waals surface area contributed by atoms with Crippen molar-refractivity contribution in [2.24, 2.45) is 0 Å². The Labute approximate surface area is 157 Å². The van der Waals surface area contributed by atoms with Gasteiger partial charge in [0.25, 0.3) is 0 Å². The van der Waals surface area contributed by atoms with Gasteiger partial charge in [0.2, 0.25) is 0 Å². The fraction of sp³-hybridized carbons (Fsp3) is 0.211. The fourth-order valence-electron chi connectivity index (χ4n) is 2.88. The zero-order chi connectivity index (χ0) is 19.0. The maximum absolute atomic E-state index is 12.6. The molecule has 4 heterocycles. The van der Waals surface area contributed by atoms with E-state index in [-0.39, 0.29) is 0 Å². The van der Waals surface area contributed by atoms with Crippen LogP contribution in [0.2, 0.25) is 0 Å². The predicted molar refractivity (Wildman–Crippen MR) is 97.8 cm³/mol. The molecule has 0 bridgehead atoms. The second-order valence-electron chi connectivity index (χ2n) is 6.35. The Morgan fingerprint density at radius 3 is 2.63 bits per heavy atom. The number of fused-ring (bicyclic) bond motifs is 1. The van der Waals surface area contributed by atoms with E-state index in [4.69, 9.17) is 0 Å². The van der Waals surface area contributed by atoms with Crippen LogP contribution >= 0.6 is 11.3 Å². The normalized spacial score (nSPS) is 12.0. The largest absolute Gasteiger partial charge is 0.433 e. The van der Waals surface area contributed by atoms with Crippen LogP contribution in [0.25, 0.3) is 11.0 Å². The topological polar surface area (TPSA) is 54.5 Å². The summed E-state index contributed by atoms with van der Waals surface area (Å²) in [6.07, 6.45) is 3.64. The van der Waals surface area contributed by atoms with Gasteiger partial charge in [-0.1, -0.05) is 6.07 Å². The van der Waals surface area contributed by atoms with E-state index in [9.17, 15) is 13.2 Å². The van der Waals surface area contributed by atoms with Gasteiger partial charge in [-0.3, -0.25) is 4.98 Å². The number of nitrogens with zero attached hydrogens (tertiary/aromatic N) is 3. The van der Waals surface area contributed by atoms with Crippen molar-refractivity contribution in [3.05, 3.63) is 75.3 Å². The Morgan fingerprint density at radius 2 is 1.89 bits per heavy atom. The molecule has 4 nitrogen and oxygen atoms in total. The molecule has 0 unspecified atom stereocenters. The van der Waals surface area contributed by atoms with Crippen LogP contribution in [0, 0.1) is 6.92 Å². The summed E-state index contributed by atoms with van der Waals surface area (Å²) in [5.41, 5.74) is 2.93. The van der Waals surface area contributed by atoms with Crippen LogP contribution in [0.4, 0.5) is 13.2 Å². The van der Waals surface area contributed by atoms with Crippen LogP contribution in [-0.2, 0) is 19.0 Å². The SMILES string of the molecule is Cc1cnc2[nH]cc(Cc3cnc(Cc4ccc(C(F)(F)F)nc4)s3)c2c1. The molecular formula is C19H15F3N4S. The van der Waals surface area contributed by atoms with Gasteiger partial charge in [-0.25, -0.2) is 9.97 Å². The zero-order valence-electron chi connectivity index (χ0n) is 14.3. The van der Waals surface area contributed by atoms with E-state index >= 15 is 0 Å². The van der Waals surface area contributed by atoms with E-state index in [1.165, 1.54) is 12.3 Å². The number of aryl methyl sites for hydroxylation is 1. The second kappa shape index (κ2) is 6.77. The molecule has 0 aromatic carbocycles. The average Bonchev–Trinajstić information content (AvgIpc) is 3.22. The molecule has 0 saturated carbocycles. The average molecular weight is 388 g/mol. The van der Waals surface area contributed by atoms with Gasteiger partial charge in [-0.2, -0.15) is 13.2 Å². The predicted octanol–water partition coefficient (Wildman–Crippen LogP) is 4.92. The Balaban J connectivity index is 1.49. The molecule has 0 aliphatic rings. The van der Waals surface area contributed by atoms with Crippen molar-refractivity contribution in [1.29, 1.82) is 0 Å². The number of pyridine rings is 2. The standard InChI is InChI=1S/C19H15F3N4S/c1-11-4-15-13(9-26-18(15)25-7-11)6-14-10-24-17(27-14)5-12-2-3-16(23-8-12)19(20,21)22/h2-4,7-10H,5-6H2,1H3,(H,25,26). The molecule has 138 valence electrons. The summed E-state index contributed by atoms with van der Waals surface area (Å²) in [5.74, 6) is 0. The van der Waals surface area contributed by atoms with Crippen molar-refractivity contribution in [2.45, 2.75) is 25.9 Å². The van der Waals surface area contributed by atoms with E-state index in [1.54, 1.807) is 11.3 Å². The molecule has 0 amide bonds. The number of hydrogen-bond acceptors (Lipinski definition) is 4. The van der Waals surface area contributed by atoms with Crippen molar-refractivity contribution >= 4 is 22.4 Å². The highest BCUT2D eigenvalue weighted by Gasteiger charge is 2.32. The van der Waals surface area contributed by atoms with Crippen molar-refractivity contribution in [1.82, 2.24) is 19.9 Å². The van der Waals surface area contributed by atoms with Crippen LogP contribution in [-0.4, -0.2) is 19.9 Å². The van der Waals surface area contributed by atoms with Crippen LogP contribution in [0.3, 0.4) is 0 Å². The second-order valence-corrected chi connectivity index (χ2v) is 7.55. The Bertz CT molecular complexity index is 1080. The van der Waals surface area contributed by atoms with Crippen molar-refractivity contribution < 1.29 is 13.2 Å². The van der Waals surface area contributed by atoms with Gasteiger partial charge in [-0.15, -0.1) is 11.3 Å². The van der Waals surface area contributed by atoms with E-state index in [1.807, 2.05) is 25.5 Å². The molecular weight excluding hydrogens is 373 g/mol.